The van der Waals surface area contributed by atoms with E-state index in [1.165, 1.54) is 16.8 Å². The highest BCUT2D eigenvalue weighted by Crippen LogP contribution is 2.29. The molecule has 1 aromatic heterocycles. The van der Waals surface area contributed by atoms with Crippen molar-refractivity contribution in [3.8, 4) is 22.9 Å². The summed E-state index contributed by atoms with van der Waals surface area (Å²) in [7, 11) is 3.11. The van der Waals surface area contributed by atoms with Gasteiger partial charge in [0.2, 0.25) is 4.77 Å². The second-order valence-electron chi connectivity index (χ2n) is 5.00. The number of aromatic amines is 1. The van der Waals surface area contributed by atoms with Crippen molar-refractivity contribution in [1.82, 2.24) is 14.9 Å². The van der Waals surface area contributed by atoms with Gasteiger partial charge in [-0.2, -0.15) is 14.9 Å². The van der Waals surface area contributed by atoms with Crippen LogP contribution in [-0.4, -0.2) is 35.3 Å². The molecule has 2 aromatic carbocycles. The first-order valence-corrected chi connectivity index (χ1v) is 7.73. The zero-order valence-electron chi connectivity index (χ0n) is 13.6. The van der Waals surface area contributed by atoms with E-state index in [2.05, 4.69) is 15.3 Å². The quantitative estimate of drug-likeness (QED) is 0.559. The van der Waals surface area contributed by atoms with Gasteiger partial charge in [0.25, 0.3) is 0 Å². The third kappa shape index (κ3) is 3.43. The van der Waals surface area contributed by atoms with Gasteiger partial charge in [-0.15, -0.1) is 0 Å². The number of rotatable bonds is 5. The number of halogens is 1. The van der Waals surface area contributed by atoms with Crippen molar-refractivity contribution in [2.75, 3.05) is 14.2 Å². The van der Waals surface area contributed by atoms with Gasteiger partial charge >= 0.3 is 0 Å². The number of hydrogen-bond donors (Lipinski definition) is 1. The number of para-hydroxylation sites is 1. The lowest BCUT2D eigenvalue weighted by molar-refractivity contribution is 0.354. The third-order valence-electron chi connectivity index (χ3n) is 3.48. The van der Waals surface area contributed by atoms with E-state index in [0.717, 1.165) is 0 Å². The third-order valence-corrected chi connectivity index (χ3v) is 3.74. The zero-order valence-corrected chi connectivity index (χ0v) is 14.4. The van der Waals surface area contributed by atoms with E-state index in [1.54, 1.807) is 38.6 Å². The standard InChI is InChI=1S/C17H15FN4O2S/c1-23-14-8-4-6-12(15(14)24-2)10-19-22-16(20-21-17(22)25)11-5-3-7-13(18)9-11/h3-10H,1-2H3,(H,21,25)/b19-10-. The lowest BCUT2D eigenvalue weighted by atomic mass is 10.2. The van der Waals surface area contributed by atoms with Gasteiger partial charge in [-0.05, 0) is 36.5 Å². The lowest BCUT2D eigenvalue weighted by Crippen LogP contribution is -1.98. The molecule has 25 heavy (non-hydrogen) atoms. The molecule has 0 radical (unpaired) electrons. The Morgan fingerprint density at radius 1 is 1.20 bits per heavy atom. The summed E-state index contributed by atoms with van der Waals surface area (Å²) in [4.78, 5) is 0. The van der Waals surface area contributed by atoms with E-state index >= 15 is 0 Å². The monoisotopic (exact) mass is 358 g/mol. The Morgan fingerprint density at radius 3 is 2.72 bits per heavy atom. The van der Waals surface area contributed by atoms with Crippen LogP contribution in [0.4, 0.5) is 4.39 Å². The van der Waals surface area contributed by atoms with Crippen LogP contribution in [0.3, 0.4) is 0 Å². The lowest BCUT2D eigenvalue weighted by Gasteiger charge is -2.09. The molecule has 0 unspecified atom stereocenters. The van der Waals surface area contributed by atoms with Crippen LogP contribution in [0.2, 0.25) is 0 Å². The topological polar surface area (TPSA) is 64.4 Å². The van der Waals surface area contributed by atoms with Gasteiger partial charge in [0.05, 0.1) is 20.4 Å². The smallest absolute Gasteiger partial charge is 0.216 e. The van der Waals surface area contributed by atoms with Crippen molar-refractivity contribution in [2.45, 2.75) is 0 Å². The molecule has 0 saturated heterocycles. The number of methoxy groups -OCH3 is 2. The molecule has 0 aliphatic heterocycles. The first-order valence-electron chi connectivity index (χ1n) is 7.32. The van der Waals surface area contributed by atoms with Crippen molar-refractivity contribution >= 4 is 18.4 Å². The molecule has 0 amide bonds. The minimum atomic E-state index is -0.364. The van der Waals surface area contributed by atoms with E-state index in [0.29, 0.717) is 28.5 Å². The summed E-state index contributed by atoms with van der Waals surface area (Å²) in [5, 5.41) is 11.2. The number of aromatic nitrogens is 3. The van der Waals surface area contributed by atoms with Gasteiger partial charge in [-0.1, -0.05) is 18.2 Å². The molecule has 6 nitrogen and oxygen atoms in total. The van der Waals surface area contributed by atoms with Crippen LogP contribution >= 0.6 is 12.2 Å². The number of nitrogens with one attached hydrogen (secondary N) is 1. The molecule has 3 rings (SSSR count). The van der Waals surface area contributed by atoms with Gasteiger partial charge in [0.1, 0.15) is 5.82 Å². The van der Waals surface area contributed by atoms with Crippen molar-refractivity contribution in [3.63, 3.8) is 0 Å². The van der Waals surface area contributed by atoms with Crippen LogP contribution < -0.4 is 9.47 Å². The molecule has 0 bridgehead atoms. The molecule has 0 atom stereocenters. The summed E-state index contributed by atoms with van der Waals surface area (Å²) in [5.41, 5.74) is 1.26. The van der Waals surface area contributed by atoms with Crippen LogP contribution in [-0.2, 0) is 0 Å². The molecular weight excluding hydrogens is 343 g/mol. The zero-order chi connectivity index (χ0) is 17.8. The molecule has 0 aliphatic carbocycles. The highest BCUT2D eigenvalue weighted by Gasteiger charge is 2.10. The van der Waals surface area contributed by atoms with Crippen molar-refractivity contribution < 1.29 is 13.9 Å². The molecule has 128 valence electrons. The summed E-state index contributed by atoms with van der Waals surface area (Å²) in [6.45, 7) is 0. The Labute approximate surface area is 148 Å². The van der Waals surface area contributed by atoms with E-state index in [9.17, 15) is 4.39 Å². The maximum absolute atomic E-state index is 13.5. The van der Waals surface area contributed by atoms with Gasteiger partial charge in [-0.25, -0.2) is 9.49 Å². The predicted octanol–water partition coefficient (Wildman–Crippen LogP) is 3.65. The Morgan fingerprint density at radius 2 is 2.00 bits per heavy atom. The van der Waals surface area contributed by atoms with Crippen molar-refractivity contribution in [1.29, 1.82) is 0 Å². The summed E-state index contributed by atoms with van der Waals surface area (Å²) in [6.07, 6.45) is 1.58. The largest absolute Gasteiger partial charge is 0.493 e. The number of hydrogen-bond acceptors (Lipinski definition) is 5. The molecule has 0 fully saturated rings. The minimum Gasteiger partial charge on any atom is -0.493 e. The summed E-state index contributed by atoms with van der Waals surface area (Å²) in [6, 6.07) is 11.5. The fourth-order valence-electron chi connectivity index (χ4n) is 2.35. The van der Waals surface area contributed by atoms with Gasteiger partial charge in [0.15, 0.2) is 17.3 Å². The Balaban J connectivity index is 2.04. The first kappa shape index (κ1) is 16.8. The molecule has 1 N–H and O–H groups in total. The van der Waals surface area contributed by atoms with E-state index in [-0.39, 0.29) is 10.6 Å². The molecule has 0 saturated carbocycles. The normalized spacial score (nSPS) is 11.0. The second kappa shape index (κ2) is 7.27. The molecule has 0 aliphatic rings. The average molecular weight is 358 g/mol. The molecular formula is C17H15FN4O2S. The van der Waals surface area contributed by atoms with Gasteiger partial charge in [-0.3, -0.25) is 0 Å². The van der Waals surface area contributed by atoms with Gasteiger partial charge in [0, 0.05) is 11.1 Å². The second-order valence-corrected chi connectivity index (χ2v) is 5.39. The maximum atomic E-state index is 13.5. The highest BCUT2D eigenvalue weighted by atomic mass is 32.1. The molecule has 8 heteroatoms. The number of benzene rings is 2. The fourth-order valence-corrected chi connectivity index (χ4v) is 2.53. The van der Waals surface area contributed by atoms with Crippen LogP contribution in [0, 0.1) is 10.6 Å². The van der Waals surface area contributed by atoms with E-state index in [1.807, 2.05) is 12.1 Å². The van der Waals surface area contributed by atoms with E-state index < -0.39 is 0 Å². The van der Waals surface area contributed by atoms with Crippen molar-refractivity contribution in [2.24, 2.45) is 5.10 Å². The minimum absolute atomic E-state index is 0.289. The van der Waals surface area contributed by atoms with Crippen LogP contribution in [0.5, 0.6) is 11.5 Å². The van der Waals surface area contributed by atoms with Gasteiger partial charge < -0.3 is 9.47 Å². The average Bonchev–Trinajstić information content (AvgIpc) is 3.00. The fraction of sp³-hybridized carbons (Fsp3) is 0.118. The molecule has 3 aromatic rings. The Hall–Kier alpha value is -3.00. The number of ether oxygens (including phenoxy) is 2. The molecule has 0 spiro atoms. The maximum Gasteiger partial charge on any atom is 0.216 e. The van der Waals surface area contributed by atoms with Crippen LogP contribution in [0.1, 0.15) is 5.56 Å². The summed E-state index contributed by atoms with van der Waals surface area (Å²) in [5.74, 6) is 1.18. The first-order chi connectivity index (χ1) is 12.1. The Kier molecular flexibility index (Phi) is 4.90. The van der Waals surface area contributed by atoms with Crippen molar-refractivity contribution in [3.05, 3.63) is 58.6 Å². The predicted molar refractivity (Wildman–Crippen MR) is 95.3 cm³/mol. The number of H-pyrrole nitrogens is 1. The van der Waals surface area contributed by atoms with E-state index in [4.69, 9.17) is 21.7 Å². The SMILES string of the molecule is COc1cccc(/C=N\n2c(-c3cccc(F)c3)n[nH]c2=S)c1OC. The highest BCUT2D eigenvalue weighted by molar-refractivity contribution is 7.71. The van der Waals surface area contributed by atoms with Crippen LogP contribution in [0.25, 0.3) is 11.4 Å². The molecule has 1 heterocycles. The summed E-state index contributed by atoms with van der Waals surface area (Å²) >= 11 is 5.21. The summed E-state index contributed by atoms with van der Waals surface area (Å²) < 4.78 is 25.8. The van der Waals surface area contributed by atoms with Crippen LogP contribution in [0.15, 0.2) is 47.6 Å². The Bertz CT molecular complexity index is 981. The number of nitrogens with zero attached hydrogens (tertiary/aromatic N) is 3.